The van der Waals surface area contributed by atoms with Crippen LogP contribution in [-0.2, 0) is 9.59 Å². The minimum absolute atomic E-state index is 0.0182. The fraction of sp³-hybridized carbons (Fsp3) is 0.333. The summed E-state index contributed by atoms with van der Waals surface area (Å²) in [5.74, 6) is -0.399. The first-order valence-corrected chi connectivity index (χ1v) is 5.88. The summed E-state index contributed by atoms with van der Waals surface area (Å²) in [6.45, 7) is 1.37. The Balaban J connectivity index is 2.66. The van der Waals surface area contributed by atoms with Crippen molar-refractivity contribution >= 4 is 34.8 Å². The van der Waals surface area contributed by atoms with Gasteiger partial charge in [0.15, 0.2) is 0 Å². The van der Waals surface area contributed by atoms with Gasteiger partial charge in [0.2, 0.25) is 11.8 Å². The van der Waals surface area contributed by atoms with Gasteiger partial charge in [0.05, 0.1) is 10.7 Å². The number of halogens is 1. The molecule has 0 aliphatic carbocycles. The summed E-state index contributed by atoms with van der Waals surface area (Å²) >= 11 is 5.96. The third kappa shape index (κ3) is 4.73. The fourth-order valence-electron chi connectivity index (χ4n) is 1.35. The Hall–Kier alpha value is -1.59. The standard InChI is InChI=1S/C12H15ClN2O3/c1-8(17)14-11-5-4-9(7-10(11)13)15-12(18)3-2-6-16/h4-5,7,16H,2-3,6H2,1H3,(H,14,17)(H,15,18). The molecule has 18 heavy (non-hydrogen) atoms. The number of rotatable bonds is 5. The fourth-order valence-corrected chi connectivity index (χ4v) is 1.57. The Morgan fingerprint density at radius 2 is 2.06 bits per heavy atom. The second-order valence-electron chi connectivity index (χ2n) is 3.75. The molecule has 1 aromatic rings. The largest absolute Gasteiger partial charge is 0.396 e. The van der Waals surface area contributed by atoms with Gasteiger partial charge in [-0.2, -0.15) is 0 Å². The van der Waals surface area contributed by atoms with Gasteiger partial charge in [-0.3, -0.25) is 9.59 Å². The van der Waals surface area contributed by atoms with Crippen molar-refractivity contribution in [2.75, 3.05) is 17.2 Å². The summed E-state index contributed by atoms with van der Waals surface area (Å²) < 4.78 is 0. The van der Waals surface area contributed by atoms with Crippen LogP contribution in [0.3, 0.4) is 0 Å². The molecule has 2 amide bonds. The molecule has 0 aliphatic rings. The average Bonchev–Trinajstić information content (AvgIpc) is 2.29. The van der Waals surface area contributed by atoms with Gasteiger partial charge in [-0.05, 0) is 24.6 Å². The smallest absolute Gasteiger partial charge is 0.224 e. The zero-order valence-corrected chi connectivity index (χ0v) is 10.8. The van der Waals surface area contributed by atoms with Crippen LogP contribution in [0.15, 0.2) is 18.2 Å². The van der Waals surface area contributed by atoms with E-state index in [-0.39, 0.29) is 24.8 Å². The van der Waals surface area contributed by atoms with Crippen LogP contribution >= 0.6 is 11.6 Å². The number of benzene rings is 1. The quantitative estimate of drug-likeness (QED) is 0.766. The van der Waals surface area contributed by atoms with E-state index in [1.165, 1.54) is 6.92 Å². The van der Waals surface area contributed by atoms with Gasteiger partial charge in [-0.1, -0.05) is 11.6 Å². The molecule has 6 heteroatoms. The van der Waals surface area contributed by atoms with Crippen LogP contribution in [0.25, 0.3) is 0 Å². The molecule has 0 saturated heterocycles. The van der Waals surface area contributed by atoms with Crippen molar-refractivity contribution in [2.24, 2.45) is 0 Å². The van der Waals surface area contributed by atoms with Gasteiger partial charge in [0.1, 0.15) is 0 Å². The molecular formula is C12H15ClN2O3. The summed E-state index contributed by atoms with van der Waals surface area (Å²) in [4.78, 5) is 22.3. The molecule has 1 aromatic carbocycles. The lowest BCUT2D eigenvalue weighted by atomic mass is 10.2. The van der Waals surface area contributed by atoms with Crippen LogP contribution in [0.2, 0.25) is 5.02 Å². The molecule has 0 fully saturated rings. The summed E-state index contributed by atoms with van der Waals surface area (Å²) in [7, 11) is 0. The lowest BCUT2D eigenvalue weighted by Gasteiger charge is -2.08. The second-order valence-corrected chi connectivity index (χ2v) is 4.16. The lowest BCUT2D eigenvalue weighted by molar-refractivity contribution is -0.116. The number of aliphatic hydroxyl groups is 1. The predicted octanol–water partition coefficient (Wildman–Crippen LogP) is 2.01. The van der Waals surface area contributed by atoms with E-state index in [9.17, 15) is 9.59 Å². The SMILES string of the molecule is CC(=O)Nc1ccc(NC(=O)CCCO)cc1Cl. The summed E-state index contributed by atoms with van der Waals surface area (Å²) in [5.41, 5.74) is 1.05. The molecule has 98 valence electrons. The number of hydrogen-bond donors (Lipinski definition) is 3. The van der Waals surface area contributed by atoms with Gasteiger partial charge in [-0.15, -0.1) is 0 Å². The zero-order valence-electron chi connectivity index (χ0n) is 10.00. The number of carbonyl (C=O) groups is 2. The first-order valence-electron chi connectivity index (χ1n) is 5.51. The molecule has 0 spiro atoms. The molecule has 0 aromatic heterocycles. The summed E-state index contributed by atoms with van der Waals surface area (Å²) in [5, 5.41) is 14.2. The second kappa shape index (κ2) is 6.98. The average molecular weight is 271 g/mol. The Morgan fingerprint density at radius 1 is 1.33 bits per heavy atom. The Bertz CT molecular complexity index is 449. The van der Waals surface area contributed by atoms with Crippen molar-refractivity contribution in [3.05, 3.63) is 23.2 Å². The van der Waals surface area contributed by atoms with Crippen LogP contribution in [0.5, 0.6) is 0 Å². The van der Waals surface area contributed by atoms with Crippen LogP contribution in [0.4, 0.5) is 11.4 Å². The minimum atomic E-state index is -0.211. The molecule has 3 N–H and O–H groups in total. The van der Waals surface area contributed by atoms with E-state index in [1.807, 2.05) is 0 Å². The maximum atomic E-state index is 11.4. The molecule has 0 atom stereocenters. The summed E-state index contributed by atoms with van der Waals surface area (Å²) in [6.07, 6.45) is 0.672. The zero-order chi connectivity index (χ0) is 13.5. The van der Waals surface area contributed by atoms with Crippen molar-refractivity contribution in [3.63, 3.8) is 0 Å². The van der Waals surface area contributed by atoms with Crippen molar-refractivity contribution in [2.45, 2.75) is 19.8 Å². The van der Waals surface area contributed by atoms with Crippen molar-refractivity contribution in [1.29, 1.82) is 0 Å². The third-order valence-electron chi connectivity index (χ3n) is 2.13. The molecular weight excluding hydrogens is 256 g/mol. The van der Waals surface area contributed by atoms with E-state index in [4.69, 9.17) is 16.7 Å². The maximum absolute atomic E-state index is 11.4. The lowest BCUT2D eigenvalue weighted by Crippen LogP contribution is -2.12. The number of amides is 2. The van der Waals surface area contributed by atoms with Crippen LogP contribution in [0, 0.1) is 0 Å². The van der Waals surface area contributed by atoms with E-state index in [0.717, 1.165) is 0 Å². The van der Waals surface area contributed by atoms with E-state index >= 15 is 0 Å². The van der Waals surface area contributed by atoms with Gasteiger partial charge in [0, 0.05) is 25.6 Å². The summed E-state index contributed by atoms with van der Waals surface area (Å²) in [6, 6.07) is 4.82. The van der Waals surface area contributed by atoms with Gasteiger partial charge in [0.25, 0.3) is 0 Å². The Labute approximate surface area is 110 Å². The Morgan fingerprint density at radius 3 is 2.61 bits per heavy atom. The highest BCUT2D eigenvalue weighted by Gasteiger charge is 2.06. The maximum Gasteiger partial charge on any atom is 0.224 e. The first-order chi connectivity index (χ1) is 8.52. The molecule has 0 radical (unpaired) electrons. The molecule has 5 nitrogen and oxygen atoms in total. The van der Waals surface area contributed by atoms with Crippen LogP contribution in [0.1, 0.15) is 19.8 Å². The highest BCUT2D eigenvalue weighted by Crippen LogP contribution is 2.25. The first kappa shape index (κ1) is 14.5. The monoisotopic (exact) mass is 270 g/mol. The van der Waals surface area contributed by atoms with Crippen LogP contribution in [-0.4, -0.2) is 23.5 Å². The molecule has 0 unspecified atom stereocenters. The van der Waals surface area contributed by atoms with Crippen LogP contribution < -0.4 is 10.6 Å². The third-order valence-corrected chi connectivity index (χ3v) is 2.44. The Kier molecular flexibility index (Phi) is 5.61. The number of anilines is 2. The van der Waals surface area contributed by atoms with Crippen molar-refractivity contribution in [3.8, 4) is 0 Å². The number of nitrogens with one attached hydrogen (secondary N) is 2. The predicted molar refractivity (Wildman–Crippen MR) is 70.7 cm³/mol. The highest BCUT2D eigenvalue weighted by molar-refractivity contribution is 6.34. The van der Waals surface area contributed by atoms with E-state index in [0.29, 0.717) is 22.8 Å². The normalized spacial score (nSPS) is 9.94. The van der Waals surface area contributed by atoms with E-state index in [2.05, 4.69) is 10.6 Å². The molecule has 0 saturated carbocycles. The van der Waals surface area contributed by atoms with Gasteiger partial charge < -0.3 is 15.7 Å². The molecule has 1 rings (SSSR count). The highest BCUT2D eigenvalue weighted by atomic mass is 35.5. The van der Waals surface area contributed by atoms with Gasteiger partial charge in [-0.25, -0.2) is 0 Å². The molecule has 0 heterocycles. The van der Waals surface area contributed by atoms with Crippen molar-refractivity contribution < 1.29 is 14.7 Å². The molecule has 0 bridgehead atoms. The van der Waals surface area contributed by atoms with Crippen molar-refractivity contribution in [1.82, 2.24) is 0 Å². The van der Waals surface area contributed by atoms with E-state index in [1.54, 1.807) is 18.2 Å². The van der Waals surface area contributed by atoms with Gasteiger partial charge >= 0.3 is 0 Å². The number of hydrogen-bond acceptors (Lipinski definition) is 3. The minimum Gasteiger partial charge on any atom is -0.396 e. The topological polar surface area (TPSA) is 78.4 Å². The number of aliphatic hydroxyl groups excluding tert-OH is 1. The molecule has 0 aliphatic heterocycles. The van der Waals surface area contributed by atoms with E-state index < -0.39 is 0 Å². The number of carbonyl (C=O) groups excluding carboxylic acids is 2.